The highest BCUT2D eigenvalue weighted by atomic mass is 35.5. The van der Waals surface area contributed by atoms with Crippen LogP contribution in [0.2, 0.25) is 0 Å². The van der Waals surface area contributed by atoms with Crippen molar-refractivity contribution in [2.45, 2.75) is 18.6 Å². The lowest BCUT2D eigenvalue weighted by molar-refractivity contribution is 0.0481. The monoisotopic (exact) mass is 354 g/mol. The average molecular weight is 355 g/mol. The molecule has 3 rings (SSSR count). The van der Waals surface area contributed by atoms with Crippen molar-refractivity contribution in [1.82, 2.24) is 0 Å². The summed E-state index contributed by atoms with van der Waals surface area (Å²) in [5.74, 6) is -0.435. The van der Waals surface area contributed by atoms with E-state index in [2.05, 4.69) is 0 Å². The van der Waals surface area contributed by atoms with Crippen molar-refractivity contribution in [2.75, 3.05) is 14.2 Å². The molecular formula is C16H15ClO7. The van der Waals surface area contributed by atoms with Gasteiger partial charge in [0.05, 0.1) is 19.3 Å². The van der Waals surface area contributed by atoms with Crippen LogP contribution in [-0.4, -0.2) is 29.5 Å². The second kappa shape index (κ2) is 5.41. The van der Waals surface area contributed by atoms with Gasteiger partial charge in [-0.25, -0.2) is 4.79 Å². The van der Waals surface area contributed by atoms with Crippen LogP contribution >= 0.6 is 11.6 Å². The molecule has 0 spiro atoms. The van der Waals surface area contributed by atoms with E-state index in [1.807, 2.05) is 0 Å². The fourth-order valence-electron chi connectivity index (χ4n) is 2.95. The molecule has 0 fully saturated rings. The number of hydrogen-bond acceptors (Lipinski definition) is 7. The summed E-state index contributed by atoms with van der Waals surface area (Å²) < 4.78 is 15.3. The van der Waals surface area contributed by atoms with Gasteiger partial charge in [0.1, 0.15) is 28.2 Å². The van der Waals surface area contributed by atoms with Crippen LogP contribution in [0.1, 0.15) is 24.4 Å². The molecule has 0 unspecified atom stereocenters. The zero-order chi connectivity index (χ0) is 17.8. The van der Waals surface area contributed by atoms with Crippen LogP contribution in [-0.2, 0) is 10.3 Å². The summed E-state index contributed by atoms with van der Waals surface area (Å²) in [7, 11) is 2.66. The van der Waals surface area contributed by atoms with Crippen LogP contribution in [0, 0.1) is 0 Å². The third-order valence-corrected chi connectivity index (χ3v) is 4.65. The van der Waals surface area contributed by atoms with Gasteiger partial charge in [-0.05, 0) is 13.0 Å². The molecule has 1 aromatic heterocycles. The lowest BCUT2D eigenvalue weighted by Gasteiger charge is -2.34. The molecule has 1 heterocycles. The van der Waals surface area contributed by atoms with E-state index >= 15 is 0 Å². The Labute approximate surface area is 141 Å². The second-order valence-electron chi connectivity index (χ2n) is 5.55. The Kier molecular flexibility index (Phi) is 3.75. The highest BCUT2D eigenvalue weighted by Gasteiger charge is 2.45. The minimum absolute atomic E-state index is 0.0598. The maximum Gasteiger partial charge on any atom is 0.347 e. The minimum atomic E-state index is -1.81. The summed E-state index contributed by atoms with van der Waals surface area (Å²) in [6.45, 7) is 1.37. The molecular weight excluding hydrogens is 340 g/mol. The van der Waals surface area contributed by atoms with Crippen LogP contribution in [0.5, 0.6) is 11.5 Å². The number of ether oxygens (including phenoxy) is 2. The molecule has 7 nitrogen and oxygen atoms in total. The molecule has 1 aliphatic rings. The summed E-state index contributed by atoms with van der Waals surface area (Å²) >= 11 is 6.18. The number of benzene rings is 1. The van der Waals surface area contributed by atoms with E-state index in [-0.39, 0.29) is 44.4 Å². The number of rotatable bonds is 2. The van der Waals surface area contributed by atoms with Crippen molar-refractivity contribution in [1.29, 1.82) is 0 Å². The fraction of sp³-hybridized carbons (Fsp3) is 0.312. The van der Waals surface area contributed by atoms with Gasteiger partial charge in [-0.2, -0.15) is 0 Å². The number of hydrogen-bond donors (Lipinski definition) is 3. The first kappa shape index (κ1) is 16.6. The van der Waals surface area contributed by atoms with Crippen LogP contribution in [0.15, 0.2) is 32.1 Å². The van der Waals surface area contributed by atoms with E-state index in [0.29, 0.717) is 0 Å². The van der Waals surface area contributed by atoms with Crippen LogP contribution < -0.4 is 10.4 Å². The van der Waals surface area contributed by atoms with Crippen LogP contribution in [0.3, 0.4) is 0 Å². The van der Waals surface area contributed by atoms with Gasteiger partial charge in [0.2, 0.25) is 0 Å². The van der Waals surface area contributed by atoms with Crippen LogP contribution in [0.25, 0.3) is 10.8 Å². The first-order chi connectivity index (χ1) is 11.2. The molecule has 8 heteroatoms. The third-order valence-electron chi connectivity index (χ3n) is 4.10. The Hall–Kier alpha value is -2.22. The first-order valence-corrected chi connectivity index (χ1v) is 7.34. The van der Waals surface area contributed by atoms with Gasteiger partial charge in [-0.1, -0.05) is 11.6 Å². The zero-order valence-electron chi connectivity index (χ0n) is 13.1. The van der Waals surface area contributed by atoms with E-state index in [4.69, 9.17) is 25.5 Å². The molecule has 1 aliphatic carbocycles. The average Bonchev–Trinajstić information content (AvgIpc) is 2.52. The summed E-state index contributed by atoms with van der Waals surface area (Å²) in [4.78, 5) is 12.3. The molecule has 24 heavy (non-hydrogen) atoms. The maximum atomic E-state index is 12.3. The van der Waals surface area contributed by atoms with Gasteiger partial charge in [-0.15, -0.1) is 0 Å². The Morgan fingerprint density at radius 3 is 2.54 bits per heavy atom. The van der Waals surface area contributed by atoms with E-state index < -0.39 is 17.3 Å². The number of phenols is 1. The quantitative estimate of drug-likeness (QED) is 0.755. The number of methoxy groups -OCH3 is 2. The van der Waals surface area contributed by atoms with Gasteiger partial charge >= 0.3 is 5.63 Å². The number of fused-ring (bicyclic) bond motifs is 3. The highest BCUT2D eigenvalue weighted by Crippen LogP contribution is 2.49. The van der Waals surface area contributed by atoms with Crippen molar-refractivity contribution in [2.24, 2.45) is 0 Å². The summed E-state index contributed by atoms with van der Waals surface area (Å²) in [5, 5.41) is 31.3. The smallest absolute Gasteiger partial charge is 0.347 e. The van der Waals surface area contributed by atoms with Gasteiger partial charge in [0.15, 0.2) is 11.9 Å². The van der Waals surface area contributed by atoms with Crippen molar-refractivity contribution >= 4 is 22.4 Å². The van der Waals surface area contributed by atoms with Gasteiger partial charge in [0, 0.05) is 17.0 Å². The minimum Gasteiger partial charge on any atom is -0.507 e. The Bertz CT molecular complexity index is 926. The normalized spacial score (nSPS) is 23.3. The molecule has 2 atom stereocenters. The molecule has 0 aliphatic heterocycles. The van der Waals surface area contributed by atoms with Crippen LogP contribution in [0.4, 0.5) is 0 Å². The number of aliphatic hydroxyl groups is 2. The molecule has 0 saturated heterocycles. The first-order valence-electron chi connectivity index (χ1n) is 6.96. The number of halogens is 1. The summed E-state index contributed by atoms with van der Waals surface area (Å²) in [6, 6.07) is 2.70. The number of aromatic hydroxyl groups is 1. The predicted molar refractivity (Wildman–Crippen MR) is 85.1 cm³/mol. The lowest BCUT2D eigenvalue weighted by Crippen LogP contribution is -2.32. The molecule has 128 valence electrons. The van der Waals surface area contributed by atoms with Gasteiger partial charge in [0.25, 0.3) is 0 Å². The van der Waals surface area contributed by atoms with Crippen molar-refractivity contribution in [3.05, 3.63) is 44.7 Å². The van der Waals surface area contributed by atoms with Gasteiger partial charge < -0.3 is 29.2 Å². The standard InChI is InChI=1S/C16H15ClO7/c1-16(21)10-7-4-6(22-2)5-8(18)9(7)15(20)24-12(10)11(19)13(23-3)14(16)17/h4-5,11,18-19,21H,1-3H3/t11-,16-/m1/s1. The molecule has 0 radical (unpaired) electrons. The molecule has 3 N–H and O–H groups in total. The molecule has 2 aromatic rings. The van der Waals surface area contributed by atoms with E-state index in [1.165, 1.54) is 33.3 Å². The van der Waals surface area contributed by atoms with Crippen molar-refractivity contribution < 1.29 is 29.2 Å². The Balaban J connectivity index is 2.52. The predicted octanol–water partition coefficient (Wildman–Crippen LogP) is 1.86. The second-order valence-corrected chi connectivity index (χ2v) is 5.93. The maximum absolute atomic E-state index is 12.3. The topological polar surface area (TPSA) is 109 Å². The SMILES string of the molecule is COC1=C(Cl)[C@](C)(O)c2c(oc(=O)c3c(O)cc(OC)cc23)[C@H]1O. The number of phenolic OH excluding ortho intramolecular Hbond substituents is 1. The zero-order valence-corrected chi connectivity index (χ0v) is 13.8. The fourth-order valence-corrected chi connectivity index (χ4v) is 3.22. The molecule has 1 aromatic carbocycles. The molecule has 0 bridgehead atoms. The van der Waals surface area contributed by atoms with E-state index in [9.17, 15) is 20.1 Å². The molecule has 0 saturated carbocycles. The highest BCUT2D eigenvalue weighted by molar-refractivity contribution is 6.31. The van der Waals surface area contributed by atoms with E-state index in [0.717, 1.165) is 0 Å². The number of aliphatic hydroxyl groups excluding tert-OH is 1. The largest absolute Gasteiger partial charge is 0.507 e. The third kappa shape index (κ3) is 2.09. The Morgan fingerprint density at radius 2 is 1.96 bits per heavy atom. The summed E-state index contributed by atoms with van der Waals surface area (Å²) in [5.41, 5.74) is -2.62. The van der Waals surface area contributed by atoms with Crippen molar-refractivity contribution in [3.63, 3.8) is 0 Å². The van der Waals surface area contributed by atoms with Crippen molar-refractivity contribution in [3.8, 4) is 11.5 Å². The van der Waals surface area contributed by atoms with Gasteiger partial charge in [-0.3, -0.25) is 0 Å². The molecule has 0 amide bonds. The summed E-state index contributed by atoms with van der Waals surface area (Å²) in [6.07, 6.45) is -1.47. The lowest BCUT2D eigenvalue weighted by atomic mass is 9.83. The Morgan fingerprint density at radius 1 is 1.29 bits per heavy atom. The van der Waals surface area contributed by atoms with E-state index in [1.54, 1.807) is 0 Å².